The van der Waals surface area contributed by atoms with Crippen LogP contribution in [0.4, 0.5) is 0 Å². The Hall–Kier alpha value is -1.15. The molecule has 124 valence electrons. The molecule has 22 heavy (non-hydrogen) atoms. The van der Waals surface area contributed by atoms with Gasteiger partial charge in [0.15, 0.2) is 0 Å². The van der Waals surface area contributed by atoms with Gasteiger partial charge in [-0.05, 0) is 31.0 Å². The third-order valence-corrected chi connectivity index (χ3v) is 5.93. The second-order valence-electron chi connectivity index (χ2n) is 5.88. The average molecular weight is 327 g/mol. The van der Waals surface area contributed by atoms with Crippen molar-refractivity contribution in [3.05, 3.63) is 29.8 Å². The Bertz CT molecular complexity index is 587. The van der Waals surface area contributed by atoms with Crippen molar-refractivity contribution >= 4 is 10.2 Å². The molecule has 1 aromatic carbocycles. The van der Waals surface area contributed by atoms with E-state index in [4.69, 9.17) is 4.74 Å². The van der Waals surface area contributed by atoms with Crippen LogP contribution in [0.15, 0.2) is 24.3 Å². The number of hydrogen-bond acceptors (Lipinski definition) is 4. The Morgan fingerprint density at radius 3 is 2.36 bits per heavy atom. The number of nitrogens with zero attached hydrogens (tertiary/aromatic N) is 2. The molecule has 0 saturated carbocycles. The maximum atomic E-state index is 12.7. The molecule has 6 nitrogen and oxygen atoms in total. The van der Waals surface area contributed by atoms with Gasteiger partial charge in [0.05, 0.1) is 7.11 Å². The van der Waals surface area contributed by atoms with Crippen LogP contribution in [0.2, 0.25) is 0 Å². The predicted octanol–water partition coefficient (Wildman–Crippen LogP) is 1.05. The van der Waals surface area contributed by atoms with Gasteiger partial charge in [-0.15, -0.1) is 0 Å². The molecule has 1 aliphatic heterocycles. The molecule has 1 N–H and O–H groups in total. The molecule has 2 rings (SSSR count). The number of nitrogens with one attached hydrogen (secondary N) is 1. The van der Waals surface area contributed by atoms with Crippen LogP contribution in [-0.2, 0) is 16.8 Å². The second kappa shape index (κ2) is 6.95. The Kier molecular flexibility index (Phi) is 5.44. The van der Waals surface area contributed by atoms with E-state index in [1.165, 1.54) is 4.31 Å². The maximum Gasteiger partial charge on any atom is 0.282 e. The fourth-order valence-electron chi connectivity index (χ4n) is 2.65. The first-order valence-corrected chi connectivity index (χ1v) is 8.80. The van der Waals surface area contributed by atoms with Gasteiger partial charge in [0.1, 0.15) is 5.75 Å². The first-order chi connectivity index (χ1) is 10.3. The lowest BCUT2D eigenvalue weighted by atomic mass is 10.1. The zero-order valence-corrected chi connectivity index (χ0v) is 14.4. The van der Waals surface area contributed by atoms with Crippen molar-refractivity contribution < 1.29 is 13.2 Å². The molecule has 0 aliphatic carbocycles. The van der Waals surface area contributed by atoms with Gasteiger partial charge < -0.3 is 10.1 Å². The van der Waals surface area contributed by atoms with Crippen LogP contribution in [0.5, 0.6) is 5.75 Å². The minimum Gasteiger partial charge on any atom is -0.497 e. The molecule has 0 bridgehead atoms. The van der Waals surface area contributed by atoms with E-state index in [0.29, 0.717) is 19.1 Å². The minimum absolute atomic E-state index is 0.0236. The van der Waals surface area contributed by atoms with Crippen LogP contribution in [0.3, 0.4) is 0 Å². The van der Waals surface area contributed by atoms with Crippen LogP contribution in [0, 0.1) is 0 Å². The van der Waals surface area contributed by atoms with Crippen LogP contribution < -0.4 is 10.1 Å². The molecule has 1 saturated heterocycles. The molecule has 7 heteroatoms. The van der Waals surface area contributed by atoms with Crippen LogP contribution in [0.1, 0.15) is 18.9 Å². The Labute approximate surface area is 133 Å². The average Bonchev–Trinajstić information content (AvgIpc) is 2.91. The summed E-state index contributed by atoms with van der Waals surface area (Å²) in [5, 5.41) is 3.32. The standard InChI is InChI=1S/C15H25N3O3S/c1-12-9-14(10-16-12)18(22(19,20)17(2)3)11-13-5-7-15(21-4)8-6-13/h5-8,12,14,16H,9-11H2,1-4H3. The van der Waals surface area contributed by atoms with E-state index in [1.54, 1.807) is 25.5 Å². The Balaban J connectivity index is 2.24. The minimum atomic E-state index is -3.46. The van der Waals surface area contributed by atoms with Crippen molar-refractivity contribution in [3.8, 4) is 5.75 Å². The first kappa shape index (κ1) is 17.2. The van der Waals surface area contributed by atoms with Crippen LogP contribution >= 0.6 is 0 Å². The summed E-state index contributed by atoms with van der Waals surface area (Å²) in [5.74, 6) is 0.766. The number of hydrogen-bond donors (Lipinski definition) is 1. The topological polar surface area (TPSA) is 61.9 Å². The zero-order chi connectivity index (χ0) is 16.3. The number of methoxy groups -OCH3 is 1. The smallest absolute Gasteiger partial charge is 0.282 e. The second-order valence-corrected chi connectivity index (χ2v) is 7.98. The quantitative estimate of drug-likeness (QED) is 0.848. The highest BCUT2D eigenvalue weighted by Crippen LogP contribution is 2.22. The van der Waals surface area contributed by atoms with Crippen LogP contribution in [-0.4, -0.2) is 56.9 Å². The van der Waals surface area contributed by atoms with Gasteiger partial charge in [0.2, 0.25) is 0 Å². The summed E-state index contributed by atoms with van der Waals surface area (Å²) in [6, 6.07) is 7.83. The molecular formula is C15H25N3O3S. The van der Waals surface area contributed by atoms with Crippen molar-refractivity contribution in [2.75, 3.05) is 27.7 Å². The monoisotopic (exact) mass is 327 g/mol. The van der Waals surface area contributed by atoms with Gasteiger partial charge in [-0.3, -0.25) is 0 Å². The fraction of sp³-hybridized carbons (Fsp3) is 0.600. The lowest BCUT2D eigenvalue weighted by Gasteiger charge is -2.30. The molecule has 2 unspecified atom stereocenters. The molecule has 0 aromatic heterocycles. The maximum absolute atomic E-state index is 12.7. The Morgan fingerprint density at radius 2 is 1.91 bits per heavy atom. The third-order valence-electron chi connectivity index (χ3n) is 3.99. The van der Waals surface area contributed by atoms with Crippen LogP contribution in [0.25, 0.3) is 0 Å². The molecule has 1 aliphatic rings. The SMILES string of the molecule is COc1ccc(CN(C2CNC(C)C2)S(=O)(=O)N(C)C)cc1. The lowest BCUT2D eigenvalue weighted by Crippen LogP contribution is -2.46. The van der Waals surface area contributed by atoms with Crippen molar-refractivity contribution in [2.45, 2.75) is 32.0 Å². The zero-order valence-electron chi connectivity index (χ0n) is 13.6. The van der Waals surface area contributed by atoms with Gasteiger partial charge in [-0.2, -0.15) is 17.0 Å². The highest BCUT2D eigenvalue weighted by atomic mass is 32.2. The molecule has 1 fully saturated rings. The van der Waals surface area contributed by atoms with E-state index >= 15 is 0 Å². The summed E-state index contributed by atoms with van der Waals surface area (Å²) in [5.41, 5.74) is 0.950. The van der Waals surface area contributed by atoms with E-state index in [1.807, 2.05) is 24.3 Å². The summed E-state index contributed by atoms with van der Waals surface area (Å²) in [4.78, 5) is 0. The summed E-state index contributed by atoms with van der Waals surface area (Å²) in [6.07, 6.45) is 0.823. The van der Waals surface area contributed by atoms with Crippen molar-refractivity contribution in [2.24, 2.45) is 0 Å². The summed E-state index contributed by atoms with van der Waals surface area (Å²) < 4.78 is 33.3. The van der Waals surface area contributed by atoms with E-state index in [-0.39, 0.29) is 6.04 Å². The summed E-state index contributed by atoms with van der Waals surface area (Å²) >= 11 is 0. The molecule has 0 amide bonds. The largest absolute Gasteiger partial charge is 0.497 e. The van der Waals surface area contributed by atoms with Crippen molar-refractivity contribution in [1.29, 1.82) is 0 Å². The fourth-order valence-corrected chi connectivity index (χ4v) is 3.92. The van der Waals surface area contributed by atoms with Gasteiger partial charge >= 0.3 is 0 Å². The highest BCUT2D eigenvalue weighted by molar-refractivity contribution is 7.86. The van der Waals surface area contributed by atoms with Gasteiger partial charge in [0, 0.05) is 39.3 Å². The molecular weight excluding hydrogens is 302 g/mol. The van der Waals surface area contributed by atoms with Crippen molar-refractivity contribution in [1.82, 2.24) is 13.9 Å². The summed E-state index contributed by atoms with van der Waals surface area (Å²) in [6.45, 7) is 3.13. The van der Waals surface area contributed by atoms with Gasteiger partial charge in [-0.25, -0.2) is 0 Å². The van der Waals surface area contributed by atoms with Gasteiger partial charge in [0.25, 0.3) is 10.2 Å². The number of ether oxygens (including phenoxy) is 1. The number of rotatable bonds is 6. The normalized spacial score (nSPS) is 22.5. The molecule has 0 spiro atoms. The molecule has 1 aromatic rings. The van der Waals surface area contributed by atoms with E-state index in [9.17, 15) is 8.42 Å². The third kappa shape index (κ3) is 3.78. The molecule has 2 atom stereocenters. The Morgan fingerprint density at radius 1 is 1.27 bits per heavy atom. The molecule has 0 radical (unpaired) electrons. The first-order valence-electron chi connectivity index (χ1n) is 7.40. The van der Waals surface area contributed by atoms with Gasteiger partial charge in [-0.1, -0.05) is 12.1 Å². The molecule has 1 heterocycles. The van der Waals surface area contributed by atoms with Crippen molar-refractivity contribution in [3.63, 3.8) is 0 Å². The van der Waals surface area contributed by atoms with E-state index < -0.39 is 10.2 Å². The predicted molar refractivity (Wildman–Crippen MR) is 87.0 cm³/mol. The summed E-state index contributed by atoms with van der Waals surface area (Å²) in [7, 11) is 1.29. The number of benzene rings is 1. The van der Waals surface area contributed by atoms with E-state index in [0.717, 1.165) is 17.7 Å². The lowest BCUT2D eigenvalue weighted by molar-refractivity contribution is 0.304. The van der Waals surface area contributed by atoms with E-state index in [2.05, 4.69) is 12.2 Å². The highest BCUT2D eigenvalue weighted by Gasteiger charge is 2.35.